The highest BCUT2D eigenvalue weighted by Crippen LogP contribution is 2.47. The summed E-state index contributed by atoms with van der Waals surface area (Å²) >= 11 is 0. The van der Waals surface area contributed by atoms with Crippen molar-refractivity contribution < 1.29 is 24.0 Å². The highest BCUT2D eigenvalue weighted by molar-refractivity contribution is 5.58. The molecule has 0 saturated heterocycles. The Kier molecular flexibility index (Phi) is 6.56. The lowest BCUT2D eigenvalue weighted by molar-refractivity contribution is -0.00000563. The first kappa shape index (κ1) is 21.3. The number of rotatable bonds is 5. The Labute approximate surface area is 191 Å². The molecule has 0 heterocycles. The van der Waals surface area contributed by atoms with Gasteiger partial charge in [0.25, 0.3) is 0 Å². The fourth-order valence-electron chi connectivity index (χ4n) is 4.50. The number of hydrogen-bond acceptors (Lipinski definition) is 0. The molecule has 146 valence electrons. The van der Waals surface area contributed by atoms with Gasteiger partial charge < -0.3 is 24.0 Å². The third-order valence-corrected chi connectivity index (χ3v) is 5.81. The predicted molar refractivity (Wildman–Crippen MR) is 119 cm³/mol. The Morgan fingerprint density at radius 2 is 0.724 bits per heavy atom. The van der Waals surface area contributed by atoms with Crippen LogP contribution in [0, 0.1) is 0 Å². The van der Waals surface area contributed by atoms with Crippen molar-refractivity contribution in [2.75, 3.05) is 14.1 Å². The van der Waals surface area contributed by atoms with Crippen molar-refractivity contribution in [1.29, 1.82) is 0 Å². The third kappa shape index (κ3) is 3.63. The van der Waals surface area contributed by atoms with Gasteiger partial charge in [-0.3, -0.25) is 4.48 Å². The fraction of sp³-hybridized carbons (Fsp3) is 0.111. The minimum atomic E-state index is -0.384. The van der Waals surface area contributed by atoms with E-state index in [1.54, 1.807) is 0 Å². The van der Waals surface area contributed by atoms with Crippen LogP contribution in [0.1, 0.15) is 16.7 Å². The lowest BCUT2D eigenvalue weighted by atomic mass is 9.74. The van der Waals surface area contributed by atoms with Gasteiger partial charge in [-0.15, -0.1) is 0 Å². The molecule has 0 N–H and O–H groups in total. The second kappa shape index (κ2) is 8.93. The molecule has 4 aromatic carbocycles. The van der Waals surface area contributed by atoms with Crippen molar-refractivity contribution in [3.8, 4) is 0 Å². The Morgan fingerprint density at radius 3 is 1.03 bits per heavy atom. The average molecular weight is 491 g/mol. The largest absolute Gasteiger partial charge is 1.00 e. The molecule has 1 nitrogen and oxygen atoms in total. The monoisotopic (exact) mass is 491 g/mol. The molecule has 0 aliphatic carbocycles. The van der Waals surface area contributed by atoms with Crippen LogP contribution >= 0.6 is 0 Å². The van der Waals surface area contributed by atoms with Gasteiger partial charge in [-0.25, -0.2) is 0 Å². The molecule has 29 heavy (non-hydrogen) atoms. The summed E-state index contributed by atoms with van der Waals surface area (Å²) in [5.74, 6) is 0. The fourth-order valence-corrected chi connectivity index (χ4v) is 4.50. The average Bonchev–Trinajstić information content (AvgIpc) is 2.77. The number of hydrogen-bond donors (Lipinski definition) is 0. The Hall–Kier alpha value is -2.43. The van der Waals surface area contributed by atoms with Crippen LogP contribution in [0.2, 0.25) is 0 Å². The maximum atomic E-state index is 2.31. The summed E-state index contributed by atoms with van der Waals surface area (Å²) in [6.07, 6.45) is 0. The van der Waals surface area contributed by atoms with Gasteiger partial charge in [-0.2, -0.15) is 0 Å². The smallest absolute Gasteiger partial charge is 0.180 e. The number of quaternary nitrogens is 1. The van der Waals surface area contributed by atoms with Gasteiger partial charge in [0.2, 0.25) is 0 Å². The summed E-state index contributed by atoms with van der Waals surface area (Å²) in [6.45, 7) is 0. The van der Waals surface area contributed by atoms with Crippen molar-refractivity contribution >= 4 is 5.69 Å². The van der Waals surface area contributed by atoms with Crippen LogP contribution in [0.25, 0.3) is 0 Å². The third-order valence-electron chi connectivity index (χ3n) is 5.81. The Balaban J connectivity index is 0.00000240. The molecule has 0 atom stereocenters. The molecule has 0 amide bonds. The minimum Gasteiger partial charge on any atom is -1.00 e. The normalized spacial score (nSPS) is 11.5. The van der Waals surface area contributed by atoms with Crippen LogP contribution in [0.4, 0.5) is 5.69 Å². The molecular formula is C27H26IN. The molecule has 0 saturated carbocycles. The van der Waals surface area contributed by atoms with E-state index in [9.17, 15) is 0 Å². The van der Waals surface area contributed by atoms with E-state index in [0.29, 0.717) is 4.48 Å². The van der Waals surface area contributed by atoms with E-state index in [2.05, 4.69) is 135 Å². The summed E-state index contributed by atoms with van der Waals surface area (Å²) in [5, 5.41) is 0. The minimum absolute atomic E-state index is 0. The van der Waals surface area contributed by atoms with Gasteiger partial charge >= 0.3 is 0 Å². The van der Waals surface area contributed by atoms with E-state index in [-0.39, 0.29) is 29.5 Å². The molecule has 0 bridgehead atoms. The highest BCUT2D eigenvalue weighted by Gasteiger charge is 2.51. The first-order valence-corrected chi connectivity index (χ1v) is 9.73. The molecule has 0 spiro atoms. The van der Waals surface area contributed by atoms with Gasteiger partial charge in [-0.05, 0) is 12.1 Å². The zero-order valence-electron chi connectivity index (χ0n) is 16.9. The quantitative estimate of drug-likeness (QED) is 0.229. The van der Waals surface area contributed by atoms with Gasteiger partial charge in [0.05, 0.1) is 14.1 Å². The van der Waals surface area contributed by atoms with Crippen molar-refractivity contribution in [3.05, 3.63) is 138 Å². The summed E-state index contributed by atoms with van der Waals surface area (Å²) in [7, 11) is 4.62. The maximum Gasteiger partial charge on any atom is 0.180 e. The first-order valence-electron chi connectivity index (χ1n) is 9.73. The number of nitrogens with zero attached hydrogens (tertiary/aromatic N) is 1. The molecule has 0 aromatic heterocycles. The Bertz CT molecular complexity index is 916. The summed E-state index contributed by atoms with van der Waals surface area (Å²) in [4.78, 5) is 0. The zero-order valence-corrected chi connectivity index (χ0v) is 19.0. The van der Waals surface area contributed by atoms with Crippen LogP contribution in [0.15, 0.2) is 121 Å². The molecule has 0 aliphatic rings. The van der Waals surface area contributed by atoms with Crippen molar-refractivity contribution in [2.24, 2.45) is 0 Å². The summed E-state index contributed by atoms with van der Waals surface area (Å²) < 4.78 is 0.672. The van der Waals surface area contributed by atoms with E-state index in [1.807, 2.05) is 0 Å². The first-order chi connectivity index (χ1) is 13.7. The lowest BCUT2D eigenvalue weighted by Crippen LogP contribution is -3.00. The molecule has 0 radical (unpaired) electrons. The van der Waals surface area contributed by atoms with Crippen LogP contribution in [-0.4, -0.2) is 14.1 Å². The molecule has 0 unspecified atom stereocenters. The topological polar surface area (TPSA) is 0 Å². The van der Waals surface area contributed by atoms with Gasteiger partial charge in [-0.1, -0.05) is 109 Å². The molecule has 0 aliphatic heterocycles. The standard InChI is InChI=1S/C27H26N.HI/c1-28(2,26-21-13-6-14-22-26)27(23-15-7-3-8-16-23,24-17-9-4-10-18-24)25-19-11-5-12-20-25;/h3-22H,1-2H3;1H/q+1;/p-1. The summed E-state index contributed by atoms with van der Waals surface area (Å²) in [6, 6.07) is 43.4. The lowest BCUT2D eigenvalue weighted by Gasteiger charge is -2.49. The molecule has 2 heteroatoms. The van der Waals surface area contributed by atoms with Gasteiger partial charge in [0.15, 0.2) is 5.54 Å². The maximum absolute atomic E-state index is 2.31. The molecule has 4 rings (SSSR count). The molecular weight excluding hydrogens is 465 g/mol. The highest BCUT2D eigenvalue weighted by atomic mass is 127. The number of halogens is 1. The summed E-state index contributed by atoms with van der Waals surface area (Å²) in [5.41, 5.74) is 4.72. The van der Waals surface area contributed by atoms with Crippen LogP contribution < -0.4 is 28.5 Å². The van der Waals surface area contributed by atoms with Crippen molar-refractivity contribution in [1.82, 2.24) is 4.48 Å². The van der Waals surface area contributed by atoms with Crippen LogP contribution in [0.3, 0.4) is 0 Å². The number of para-hydroxylation sites is 1. The van der Waals surface area contributed by atoms with E-state index >= 15 is 0 Å². The second-order valence-electron chi connectivity index (χ2n) is 7.60. The Morgan fingerprint density at radius 1 is 0.448 bits per heavy atom. The van der Waals surface area contributed by atoms with Gasteiger partial charge in [0, 0.05) is 16.7 Å². The molecule has 4 aromatic rings. The van der Waals surface area contributed by atoms with Crippen molar-refractivity contribution in [2.45, 2.75) is 5.54 Å². The SMILES string of the molecule is C[N+](C)(c1ccccc1)C(c1ccccc1)(c1ccccc1)c1ccccc1.[I-]. The number of benzene rings is 4. The van der Waals surface area contributed by atoms with E-state index in [1.165, 1.54) is 22.4 Å². The van der Waals surface area contributed by atoms with Gasteiger partial charge in [0.1, 0.15) is 5.69 Å². The van der Waals surface area contributed by atoms with E-state index in [4.69, 9.17) is 0 Å². The van der Waals surface area contributed by atoms with Crippen molar-refractivity contribution in [3.63, 3.8) is 0 Å². The van der Waals surface area contributed by atoms with E-state index in [0.717, 1.165) is 0 Å². The zero-order chi connectivity index (χ0) is 19.5. The predicted octanol–water partition coefficient (Wildman–Crippen LogP) is 3.25. The van der Waals surface area contributed by atoms with Crippen LogP contribution in [-0.2, 0) is 5.54 Å². The van der Waals surface area contributed by atoms with Crippen LogP contribution in [0.5, 0.6) is 0 Å². The second-order valence-corrected chi connectivity index (χ2v) is 7.60. The van der Waals surface area contributed by atoms with E-state index < -0.39 is 0 Å². The molecule has 0 fully saturated rings.